The molecule has 1 atom stereocenters. The molecule has 0 radical (unpaired) electrons. The summed E-state index contributed by atoms with van der Waals surface area (Å²) in [5.41, 5.74) is 2.77. The van der Waals surface area contributed by atoms with E-state index < -0.39 is 5.97 Å². The standard InChI is InChI=1S/C16H19N3O2/c17-9-12-7-11-3-1-2-4-13(11)18-16(12)19-14(8-15(20)21)10-5-6-10/h7,10,14H,1-6,8H2,(H,18,19)(H,20,21). The number of aliphatic carboxylic acids is 1. The number of nitrogens with zero attached hydrogens (tertiary/aromatic N) is 2. The molecule has 110 valence electrons. The number of nitrogens with one attached hydrogen (secondary N) is 1. The predicted molar refractivity (Wildman–Crippen MR) is 78.0 cm³/mol. The highest BCUT2D eigenvalue weighted by Gasteiger charge is 2.33. The monoisotopic (exact) mass is 285 g/mol. The van der Waals surface area contributed by atoms with Crippen molar-refractivity contribution in [3.8, 4) is 6.07 Å². The van der Waals surface area contributed by atoms with Gasteiger partial charge in [-0.05, 0) is 56.1 Å². The predicted octanol–water partition coefficient (Wildman–Crippen LogP) is 2.50. The first-order valence-corrected chi connectivity index (χ1v) is 7.58. The number of carboxylic acids is 1. The molecule has 0 bridgehead atoms. The summed E-state index contributed by atoms with van der Waals surface area (Å²) in [5.74, 6) is 0.151. The first-order valence-electron chi connectivity index (χ1n) is 7.58. The molecule has 21 heavy (non-hydrogen) atoms. The van der Waals surface area contributed by atoms with Crippen LogP contribution >= 0.6 is 0 Å². The molecular formula is C16H19N3O2. The number of carbonyl (C=O) groups is 1. The van der Waals surface area contributed by atoms with Gasteiger partial charge in [-0.1, -0.05) is 0 Å². The number of fused-ring (bicyclic) bond motifs is 1. The average molecular weight is 285 g/mol. The molecule has 3 rings (SSSR count). The third-order valence-corrected chi connectivity index (χ3v) is 4.33. The number of carboxylic acid groups (broad SMARTS) is 1. The van der Waals surface area contributed by atoms with E-state index >= 15 is 0 Å². The molecule has 1 aromatic rings. The number of aryl methyl sites for hydroxylation is 2. The summed E-state index contributed by atoms with van der Waals surface area (Å²) in [7, 11) is 0. The van der Waals surface area contributed by atoms with Crippen LogP contribution < -0.4 is 5.32 Å². The van der Waals surface area contributed by atoms with Crippen LogP contribution in [-0.2, 0) is 17.6 Å². The second-order valence-electron chi connectivity index (χ2n) is 6.00. The van der Waals surface area contributed by atoms with Crippen molar-refractivity contribution < 1.29 is 9.90 Å². The SMILES string of the molecule is N#Cc1cc2c(nc1NC(CC(=O)O)C1CC1)CCCC2. The van der Waals surface area contributed by atoms with Crippen LogP contribution in [0, 0.1) is 17.2 Å². The Hall–Kier alpha value is -2.09. The van der Waals surface area contributed by atoms with Crippen LogP contribution in [-0.4, -0.2) is 22.1 Å². The van der Waals surface area contributed by atoms with Crippen molar-refractivity contribution in [1.29, 1.82) is 5.26 Å². The van der Waals surface area contributed by atoms with E-state index in [9.17, 15) is 10.1 Å². The third kappa shape index (κ3) is 3.15. The Bertz CT molecular complexity index is 602. The molecule has 1 fully saturated rings. The Morgan fingerprint density at radius 1 is 1.48 bits per heavy atom. The molecule has 1 unspecified atom stereocenters. The second kappa shape index (κ2) is 5.72. The molecule has 2 aliphatic carbocycles. The van der Waals surface area contributed by atoms with Gasteiger partial charge >= 0.3 is 5.97 Å². The van der Waals surface area contributed by atoms with E-state index in [2.05, 4.69) is 16.4 Å². The minimum absolute atomic E-state index is 0.0777. The van der Waals surface area contributed by atoms with Crippen molar-refractivity contribution in [2.45, 2.75) is 51.0 Å². The number of aromatic nitrogens is 1. The Morgan fingerprint density at radius 2 is 2.24 bits per heavy atom. The molecule has 2 aliphatic rings. The van der Waals surface area contributed by atoms with Crippen molar-refractivity contribution in [3.63, 3.8) is 0 Å². The van der Waals surface area contributed by atoms with Gasteiger partial charge in [-0.15, -0.1) is 0 Å². The van der Waals surface area contributed by atoms with Crippen molar-refractivity contribution in [3.05, 3.63) is 22.9 Å². The van der Waals surface area contributed by atoms with Crippen LogP contribution in [0.5, 0.6) is 0 Å². The minimum Gasteiger partial charge on any atom is -0.481 e. The van der Waals surface area contributed by atoms with E-state index in [1.54, 1.807) is 0 Å². The molecule has 0 aliphatic heterocycles. The van der Waals surface area contributed by atoms with Gasteiger partial charge in [0.05, 0.1) is 12.0 Å². The molecule has 0 amide bonds. The van der Waals surface area contributed by atoms with Gasteiger partial charge in [0, 0.05) is 11.7 Å². The Balaban J connectivity index is 1.86. The smallest absolute Gasteiger partial charge is 0.305 e. The third-order valence-electron chi connectivity index (χ3n) is 4.33. The van der Waals surface area contributed by atoms with Crippen LogP contribution in [0.3, 0.4) is 0 Å². The summed E-state index contributed by atoms with van der Waals surface area (Å²) < 4.78 is 0. The number of nitriles is 1. The number of hydrogen-bond donors (Lipinski definition) is 2. The maximum absolute atomic E-state index is 11.0. The zero-order chi connectivity index (χ0) is 14.8. The van der Waals surface area contributed by atoms with Crippen LogP contribution in [0.1, 0.15) is 48.9 Å². The van der Waals surface area contributed by atoms with E-state index in [-0.39, 0.29) is 12.5 Å². The number of hydrogen-bond acceptors (Lipinski definition) is 4. The van der Waals surface area contributed by atoms with Crippen LogP contribution in [0.25, 0.3) is 0 Å². The second-order valence-corrected chi connectivity index (χ2v) is 6.00. The lowest BCUT2D eigenvalue weighted by Crippen LogP contribution is -2.27. The molecule has 1 aromatic heterocycles. The highest BCUT2D eigenvalue weighted by atomic mass is 16.4. The highest BCUT2D eigenvalue weighted by Crippen LogP contribution is 2.36. The van der Waals surface area contributed by atoms with Crippen molar-refractivity contribution >= 4 is 11.8 Å². The summed E-state index contributed by atoms with van der Waals surface area (Å²) in [6.45, 7) is 0. The van der Waals surface area contributed by atoms with E-state index in [0.29, 0.717) is 17.3 Å². The van der Waals surface area contributed by atoms with E-state index in [4.69, 9.17) is 5.11 Å². The fraction of sp³-hybridized carbons (Fsp3) is 0.562. The average Bonchev–Trinajstić information content (AvgIpc) is 3.30. The molecule has 0 spiro atoms. The van der Waals surface area contributed by atoms with Gasteiger partial charge in [0.25, 0.3) is 0 Å². The Labute approximate surface area is 124 Å². The molecule has 0 saturated heterocycles. The highest BCUT2D eigenvalue weighted by molar-refractivity contribution is 5.68. The van der Waals surface area contributed by atoms with Gasteiger partial charge in [0.15, 0.2) is 0 Å². The molecule has 1 saturated carbocycles. The lowest BCUT2D eigenvalue weighted by Gasteiger charge is -2.21. The van der Waals surface area contributed by atoms with Gasteiger partial charge in [-0.2, -0.15) is 5.26 Å². The van der Waals surface area contributed by atoms with Gasteiger partial charge in [0.2, 0.25) is 0 Å². The number of anilines is 1. The van der Waals surface area contributed by atoms with Crippen LogP contribution in [0.4, 0.5) is 5.82 Å². The number of pyridine rings is 1. The largest absolute Gasteiger partial charge is 0.481 e. The van der Waals surface area contributed by atoms with Crippen molar-refractivity contribution in [2.75, 3.05) is 5.32 Å². The lowest BCUT2D eigenvalue weighted by atomic mass is 9.95. The Kier molecular flexibility index (Phi) is 3.78. The lowest BCUT2D eigenvalue weighted by molar-refractivity contribution is -0.137. The molecule has 2 N–H and O–H groups in total. The molecule has 0 aromatic carbocycles. The van der Waals surface area contributed by atoms with E-state index in [1.165, 1.54) is 5.56 Å². The quantitative estimate of drug-likeness (QED) is 0.868. The normalized spacial score (nSPS) is 18.4. The summed E-state index contributed by atoms with van der Waals surface area (Å²) in [5, 5.41) is 21.6. The van der Waals surface area contributed by atoms with E-state index in [1.807, 2.05) is 6.07 Å². The summed E-state index contributed by atoms with van der Waals surface area (Å²) in [6.07, 6.45) is 6.40. The fourth-order valence-corrected chi connectivity index (χ4v) is 3.03. The Morgan fingerprint density at radius 3 is 2.90 bits per heavy atom. The minimum atomic E-state index is -0.809. The molecule has 5 nitrogen and oxygen atoms in total. The topological polar surface area (TPSA) is 86.0 Å². The van der Waals surface area contributed by atoms with Gasteiger partial charge in [-0.25, -0.2) is 4.98 Å². The first kappa shape index (κ1) is 13.9. The van der Waals surface area contributed by atoms with E-state index in [0.717, 1.165) is 44.2 Å². The van der Waals surface area contributed by atoms with Crippen LogP contribution in [0.15, 0.2) is 6.07 Å². The maximum atomic E-state index is 11.0. The molecule has 1 heterocycles. The summed E-state index contributed by atoms with van der Waals surface area (Å²) in [6, 6.07) is 3.99. The van der Waals surface area contributed by atoms with Crippen molar-refractivity contribution in [1.82, 2.24) is 4.98 Å². The molecule has 5 heteroatoms. The first-order chi connectivity index (χ1) is 10.2. The zero-order valence-electron chi connectivity index (χ0n) is 11.9. The molecular weight excluding hydrogens is 266 g/mol. The fourth-order valence-electron chi connectivity index (χ4n) is 3.03. The van der Waals surface area contributed by atoms with Crippen LogP contribution in [0.2, 0.25) is 0 Å². The summed E-state index contributed by atoms with van der Waals surface area (Å²) >= 11 is 0. The van der Waals surface area contributed by atoms with Gasteiger partial charge < -0.3 is 10.4 Å². The van der Waals surface area contributed by atoms with Gasteiger partial charge in [0.1, 0.15) is 11.9 Å². The van der Waals surface area contributed by atoms with Crippen molar-refractivity contribution in [2.24, 2.45) is 5.92 Å². The zero-order valence-corrected chi connectivity index (χ0v) is 11.9. The van der Waals surface area contributed by atoms with Gasteiger partial charge in [-0.3, -0.25) is 4.79 Å². The maximum Gasteiger partial charge on any atom is 0.305 e. The summed E-state index contributed by atoms with van der Waals surface area (Å²) in [4.78, 5) is 15.6. The number of rotatable bonds is 5.